The van der Waals surface area contributed by atoms with Gasteiger partial charge in [0.2, 0.25) is 0 Å². The number of benzene rings is 1. The monoisotopic (exact) mass is 216 g/mol. The summed E-state index contributed by atoms with van der Waals surface area (Å²) >= 11 is 0. The van der Waals surface area contributed by atoms with Crippen molar-refractivity contribution in [2.45, 2.75) is 6.92 Å². The van der Waals surface area contributed by atoms with Crippen molar-refractivity contribution >= 4 is 16.2 Å². The van der Waals surface area contributed by atoms with Gasteiger partial charge in [0.1, 0.15) is 5.75 Å². The van der Waals surface area contributed by atoms with Gasteiger partial charge in [0, 0.05) is 5.56 Å². The third-order valence-corrected chi connectivity index (χ3v) is 1.87. The lowest BCUT2D eigenvalue weighted by Crippen LogP contribution is -2.06. The lowest BCUT2D eigenvalue weighted by atomic mass is 10.1. The average molecular weight is 216 g/mol. The van der Waals surface area contributed by atoms with Crippen LogP contribution in [0.3, 0.4) is 0 Å². The molecule has 1 N–H and O–H groups in total. The molecule has 0 atom stereocenters. The predicted molar refractivity (Wildman–Crippen MR) is 48.6 cm³/mol. The molecule has 0 amide bonds. The molecule has 0 radical (unpaired) electrons. The van der Waals surface area contributed by atoms with Gasteiger partial charge in [0.25, 0.3) is 0 Å². The summed E-state index contributed by atoms with van der Waals surface area (Å²) in [5.74, 6) is -0.180. The molecule has 6 heteroatoms. The molecule has 0 aliphatic rings. The van der Waals surface area contributed by atoms with E-state index in [1.54, 1.807) is 0 Å². The highest BCUT2D eigenvalue weighted by atomic mass is 32.3. The molecule has 0 aliphatic carbocycles. The summed E-state index contributed by atoms with van der Waals surface area (Å²) in [6.45, 7) is 1.39. The van der Waals surface area contributed by atoms with Crippen molar-refractivity contribution in [3.8, 4) is 5.75 Å². The Morgan fingerprint density at radius 1 is 1.29 bits per heavy atom. The van der Waals surface area contributed by atoms with Gasteiger partial charge in [-0.2, -0.15) is 8.42 Å². The van der Waals surface area contributed by atoms with E-state index >= 15 is 0 Å². The molecule has 1 rings (SSSR count). The highest BCUT2D eigenvalue weighted by Crippen LogP contribution is 2.13. The number of hydrogen-bond donors (Lipinski definition) is 1. The van der Waals surface area contributed by atoms with E-state index in [0.717, 1.165) is 0 Å². The van der Waals surface area contributed by atoms with E-state index in [-0.39, 0.29) is 11.5 Å². The van der Waals surface area contributed by atoms with Gasteiger partial charge in [-0.05, 0) is 31.2 Å². The third kappa shape index (κ3) is 3.15. The molecule has 14 heavy (non-hydrogen) atoms. The van der Waals surface area contributed by atoms with Crippen molar-refractivity contribution in [1.82, 2.24) is 0 Å². The van der Waals surface area contributed by atoms with Crippen LogP contribution in [0.15, 0.2) is 24.3 Å². The van der Waals surface area contributed by atoms with Gasteiger partial charge in [-0.25, -0.2) is 0 Å². The number of carbonyl (C=O) groups is 1. The second kappa shape index (κ2) is 3.77. The summed E-state index contributed by atoms with van der Waals surface area (Å²) in [6.07, 6.45) is 0. The van der Waals surface area contributed by atoms with Crippen molar-refractivity contribution in [2.75, 3.05) is 0 Å². The molecule has 0 aliphatic heterocycles. The Morgan fingerprint density at radius 3 is 2.14 bits per heavy atom. The quantitative estimate of drug-likeness (QED) is 0.603. The van der Waals surface area contributed by atoms with Crippen LogP contribution in [-0.4, -0.2) is 18.8 Å². The van der Waals surface area contributed by atoms with Crippen LogP contribution in [0.2, 0.25) is 0 Å². The molecular formula is C8H8O5S. The van der Waals surface area contributed by atoms with Gasteiger partial charge < -0.3 is 4.18 Å². The van der Waals surface area contributed by atoms with E-state index in [1.165, 1.54) is 31.2 Å². The topological polar surface area (TPSA) is 80.7 Å². The zero-order valence-corrected chi connectivity index (χ0v) is 8.11. The second-order valence-electron chi connectivity index (χ2n) is 2.59. The molecule has 5 nitrogen and oxygen atoms in total. The molecule has 0 saturated carbocycles. The van der Waals surface area contributed by atoms with Crippen LogP contribution in [0.25, 0.3) is 0 Å². The largest absolute Gasteiger partial charge is 0.446 e. The van der Waals surface area contributed by atoms with Gasteiger partial charge in [-0.3, -0.25) is 9.35 Å². The SMILES string of the molecule is CC(=O)c1ccc(OS(=O)(=O)O)cc1. The van der Waals surface area contributed by atoms with Crippen molar-refractivity contribution < 1.29 is 21.9 Å². The molecule has 1 aromatic rings. The molecule has 0 aromatic heterocycles. The van der Waals surface area contributed by atoms with Gasteiger partial charge in [-0.1, -0.05) is 0 Å². The Morgan fingerprint density at radius 2 is 1.79 bits per heavy atom. The Bertz CT molecular complexity index is 431. The maximum absolute atomic E-state index is 10.8. The summed E-state index contributed by atoms with van der Waals surface area (Å²) in [4.78, 5) is 10.8. The van der Waals surface area contributed by atoms with Crippen LogP contribution < -0.4 is 4.18 Å². The van der Waals surface area contributed by atoms with Crippen LogP contribution in [0.5, 0.6) is 5.75 Å². The summed E-state index contributed by atoms with van der Waals surface area (Å²) in [6, 6.07) is 5.38. The van der Waals surface area contributed by atoms with Gasteiger partial charge in [0.15, 0.2) is 5.78 Å². The number of ketones is 1. The Kier molecular flexibility index (Phi) is 2.87. The molecule has 0 heterocycles. The Hall–Kier alpha value is -1.40. The average Bonchev–Trinajstić information content (AvgIpc) is 2.02. The molecular weight excluding hydrogens is 208 g/mol. The first-order valence-corrected chi connectivity index (χ1v) is 5.03. The summed E-state index contributed by atoms with van der Waals surface area (Å²) in [5, 5.41) is 0. The fraction of sp³-hybridized carbons (Fsp3) is 0.125. The summed E-state index contributed by atoms with van der Waals surface area (Å²) in [7, 11) is -4.50. The first kappa shape index (κ1) is 10.7. The molecule has 0 fully saturated rings. The fourth-order valence-electron chi connectivity index (χ4n) is 0.867. The fourth-order valence-corrected chi connectivity index (χ4v) is 1.22. The summed E-state index contributed by atoms with van der Waals surface area (Å²) in [5.41, 5.74) is 0.438. The summed E-state index contributed by atoms with van der Waals surface area (Å²) < 4.78 is 33.1. The van der Waals surface area contributed by atoms with Crippen molar-refractivity contribution in [3.63, 3.8) is 0 Å². The Labute approximate surface area is 81.3 Å². The van der Waals surface area contributed by atoms with Crippen LogP contribution in [0.1, 0.15) is 17.3 Å². The second-order valence-corrected chi connectivity index (χ2v) is 3.61. The van der Waals surface area contributed by atoms with Crippen LogP contribution in [0, 0.1) is 0 Å². The molecule has 0 saturated heterocycles. The van der Waals surface area contributed by atoms with E-state index in [1.807, 2.05) is 0 Å². The van der Waals surface area contributed by atoms with Gasteiger partial charge in [0.05, 0.1) is 0 Å². The minimum Gasteiger partial charge on any atom is -0.362 e. The highest BCUT2D eigenvalue weighted by Gasteiger charge is 2.06. The van der Waals surface area contributed by atoms with Crippen molar-refractivity contribution in [1.29, 1.82) is 0 Å². The van der Waals surface area contributed by atoms with E-state index in [4.69, 9.17) is 4.55 Å². The first-order chi connectivity index (χ1) is 6.38. The van der Waals surface area contributed by atoms with Gasteiger partial charge >= 0.3 is 10.4 Å². The standard InChI is InChI=1S/C8H8O5S/c1-6(9)7-2-4-8(5-3-7)13-14(10,11)12/h2-5H,1H3,(H,10,11,12). The Balaban J connectivity index is 2.90. The zero-order chi connectivity index (χ0) is 10.8. The van der Waals surface area contributed by atoms with Crippen LogP contribution >= 0.6 is 0 Å². The van der Waals surface area contributed by atoms with Crippen LogP contribution in [-0.2, 0) is 10.4 Å². The molecule has 0 unspecified atom stereocenters. The number of rotatable bonds is 3. The minimum absolute atomic E-state index is 0.0440. The molecule has 76 valence electrons. The van der Waals surface area contributed by atoms with Crippen molar-refractivity contribution in [3.05, 3.63) is 29.8 Å². The van der Waals surface area contributed by atoms with E-state index < -0.39 is 10.4 Å². The van der Waals surface area contributed by atoms with Crippen LogP contribution in [0.4, 0.5) is 0 Å². The number of Topliss-reactive ketones (excluding diaryl/α,β-unsaturated/α-hetero) is 1. The highest BCUT2D eigenvalue weighted by molar-refractivity contribution is 7.81. The number of carbonyl (C=O) groups excluding carboxylic acids is 1. The minimum atomic E-state index is -4.50. The first-order valence-electron chi connectivity index (χ1n) is 3.66. The zero-order valence-electron chi connectivity index (χ0n) is 7.30. The molecule has 1 aromatic carbocycles. The number of hydrogen-bond acceptors (Lipinski definition) is 4. The van der Waals surface area contributed by atoms with Gasteiger partial charge in [-0.15, -0.1) is 0 Å². The lowest BCUT2D eigenvalue weighted by molar-refractivity contribution is 0.101. The molecule has 0 spiro atoms. The third-order valence-electron chi connectivity index (χ3n) is 1.46. The lowest BCUT2D eigenvalue weighted by Gasteiger charge is -2.01. The van der Waals surface area contributed by atoms with Crippen molar-refractivity contribution in [2.24, 2.45) is 0 Å². The maximum Gasteiger partial charge on any atom is 0.446 e. The van der Waals surface area contributed by atoms with E-state index in [2.05, 4.69) is 4.18 Å². The van der Waals surface area contributed by atoms with E-state index in [9.17, 15) is 13.2 Å². The molecule has 0 bridgehead atoms. The normalized spacial score (nSPS) is 11.0. The smallest absolute Gasteiger partial charge is 0.362 e. The predicted octanol–water partition coefficient (Wildman–Crippen LogP) is 1.07. The maximum atomic E-state index is 10.8. The van der Waals surface area contributed by atoms with E-state index in [0.29, 0.717) is 5.56 Å².